The van der Waals surface area contributed by atoms with Gasteiger partial charge in [0, 0.05) is 31.1 Å². The van der Waals surface area contributed by atoms with Gasteiger partial charge in [0.05, 0.1) is 0 Å². The molecule has 0 atom stereocenters. The Morgan fingerprint density at radius 2 is 1.75 bits per heavy atom. The number of hydrogen-bond acceptors (Lipinski definition) is 3. The first kappa shape index (κ1) is 10.2. The van der Waals surface area contributed by atoms with Crippen molar-refractivity contribution in [2.24, 2.45) is 11.1 Å². The Morgan fingerprint density at radius 3 is 2.38 bits per heavy atom. The zero-order valence-corrected chi connectivity index (χ0v) is 9.48. The Hall–Kier alpha value is -0.930. The van der Waals surface area contributed by atoms with Gasteiger partial charge in [-0.05, 0) is 48.8 Å². The molecule has 1 saturated carbocycles. The lowest BCUT2D eigenvalue weighted by Gasteiger charge is -2.56. The summed E-state index contributed by atoms with van der Waals surface area (Å²) in [5, 5.41) is 0. The van der Waals surface area contributed by atoms with Crippen LogP contribution < -0.4 is 5.73 Å². The lowest BCUT2D eigenvalue weighted by Crippen LogP contribution is -2.57. The number of rotatable bonds is 1. The number of nitrogens with zero attached hydrogens (tertiary/aromatic N) is 1. The molecule has 0 bridgehead atoms. The standard InChI is InChI=1S/C13H18N2O/c14-13(11-1-5-15-6-2-11)9-12(10-13)3-7-16-8-4-12/h1-2,5-6H,3-4,7-10,14H2. The summed E-state index contributed by atoms with van der Waals surface area (Å²) in [4.78, 5) is 4.05. The SMILES string of the molecule is NC1(c2ccncc2)CC2(CCOCC2)C1. The van der Waals surface area contributed by atoms with Crippen LogP contribution in [0.25, 0.3) is 0 Å². The number of aromatic nitrogens is 1. The fourth-order valence-corrected chi connectivity index (χ4v) is 3.33. The van der Waals surface area contributed by atoms with Crippen molar-refractivity contribution in [1.82, 2.24) is 4.98 Å². The quantitative estimate of drug-likeness (QED) is 0.782. The summed E-state index contributed by atoms with van der Waals surface area (Å²) in [5.74, 6) is 0. The van der Waals surface area contributed by atoms with Crippen molar-refractivity contribution >= 4 is 0 Å². The van der Waals surface area contributed by atoms with E-state index in [1.807, 2.05) is 24.5 Å². The molecule has 86 valence electrons. The lowest BCUT2D eigenvalue weighted by atomic mass is 9.53. The largest absolute Gasteiger partial charge is 0.381 e. The van der Waals surface area contributed by atoms with Crippen LogP contribution in [0.5, 0.6) is 0 Å². The molecule has 2 heterocycles. The Bertz CT molecular complexity index is 363. The second-order valence-corrected chi connectivity index (χ2v) is 5.36. The molecule has 2 aliphatic rings. The molecule has 3 nitrogen and oxygen atoms in total. The van der Waals surface area contributed by atoms with Gasteiger partial charge in [-0.15, -0.1) is 0 Å². The van der Waals surface area contributed by atoms with E-state index in [0.717, 1.165) is 26.1 Å². The molecule has 0 aromatic carbocycles. The molecule has 16 heavy (non-hydrogen) atoms. The number of ether oxygens (including phenoxy) is 1. The van der Waals surface area contributed by atoms with Crippen molar-refractivity contribution < 1.29 is 4.74 Å². The molecule has 0 unspecified atom stereocenters. The summed E-state index contributed by atoms with van der Waals surface area (Å²) in [6.45, 7) is 1.82. The molecule has 1 aromatic heterocycles. The molecular formula is C13H18N2O. The average Bonchev–Trinajstić information content (AvgIpc) is 2.30. The van der Waals surface area contributed by atoms with Crippen molar-refractivity contribution in [1.29, 1.82) is 0 Å². The van der Waals surface area contributed by atoms with Crippen LogP contribution in [0.3, 0.4) is 0 Å². The van der Waals surface area contributed by atoms with E-state index in [0.29, 0.717) is 5.41 Å². The van der Waals surface area contributed by atoms with Crippen molar-refractivity contribution in [2.45, 2.75) is 31.2 Å². The van der Waals surface area contributed by atoms with Gasteiger partial charge in [-0.1, -0.05) is 0 Å². The van der Waals surface area contributed by atoms with Gasteiger partial charge in [-0.2, -0.15) is 0 Å². The van der Waals surface area contributed by atoms with Gasteiger partial charge in [0.2, 0.25) is 0 Å². The maximum absolute atomic E-state index is 6.46. The fourth-order valence-electron chi connectivity index (χ4n) is 3.33. The van der Waals surface area contributed by atoms with Crippen LogP contribution in [0.1, 0.15) is 31.2 Å². The maximum Gasteiger partial charge on any atom is 0.0471 e. The van der Waals surface area contributed by atoms with E-state index in [-0.39, 0.29) is 5.54 Å². The maximum atomic E-state index is 6.46. The molecule has 2 N–H and O–H groups in total. The third-order valence-corrected chi connectivity index (χ3v) is 4.19. The first-order valence-electron chi connectivity index (χ1n) is 6.00. The molecule has 1 aliphatic carbocycles. The second-order valence-electron chi connectivity index (χ2n) is 5.36. The van der Waals surface area contributed by atoms with Crippen LogP contribution in [0, 0.1) is 5.41 Å². The summed E-state index contributed by atoms with van der Waals surface area (Å²) in [5.41, 5.74) is 8.05. The van der Waals surface area contributed by atoms with Gasteiger partial charge in [0.25, 0.3) is 0 Å². The molecule has 3 rings (SSSR count). The fraction of sp³-hybridized carbons (Fsp3) is 0.615. The van der Waals surface area contributed by atoms with Crippen LogP contribution in [0.4, 0.5) is 0 Å². The zero-order valence-electron chi connectivity index (χ0n) is 9.48. The summed E-state index contributed by atoms with van der Waals surface area (Å²) < 4.78 is 5.42. The van der Waals surface area contributed by atoms with E-state index in [1.54, 1.807) is 0 Å². The third-order valence-electron chi connectivity index (χ3n) is 4.19. The molecular weight excluding hydrogens is 200 g/mol. The summed E-state index contributed by atoms with van der Waals surface area (Å²) in [6.07, 6.45) is 8.23. The topological polar surface area (TPSA) is 48.1 Å². The minimum absolute atomic E-state index is 0.111. The molecule has 0 amide bonds. The van der Waals surface area contributed by atoms with Crippen molar-refractivity contribution in [3.63, 3.8) is 0 Å². The first-order chi connectivity index (χ1) is 7.73. The van der Waals surface area contributed by atoms with Crippen molar-refractivity contribution in [3.8, 4) is 0 Å². The molecule has 3 heteroatoms. The van der Waals surface area contributed by atoms with E-state index >= 15 is 0 Å². The number of nitrogens with two attached hydrogens (primary N) is 1. The molecule has 0 radical (unpaired) electrons. The second kappa shape index (κ2) is 3.54. The molecule has 1 spiro atoms. The smallest absolute Gasteiger partial charge is 0.0471 e. The first-order valence-corrected chi connectivity index (χ1v) is 6.00. The normalized spacial score (nSPS) is 26.3. The summed E-state index contributed by atoms with van der Waals surface area (Å²) in [7, 11) is 0. The monoisotopic (exact) mass is 218 g/mol. The molecule has 1 aromatic rings. The van der Waals surface area contributed by atoms with E-state index in [9.17, 15) is 0 Å². The number of hydrogen-bond donors (Lipinski definition) is 1. The Kier molecular flexibility index (Phi) is 2.26. The molecule has 1 saturated heterocycles. The van der Waals surface area contributed by atoms with Crippen LogP contribution >= 0.6 is 0 Å². The highest BCUT2D eigenvalue weighted by Gasteiger charge is 2.53. The van der Waals surface area contributed by atoms with Crippen LogP contribution in [-0.2, 0) is 10.3 Å². The minimum Gasteiger partial charge on any atom is -0.381 e. The highest BCUT2D eigenvalue weighted by Crippen LogP contribution is 2.57. The summed E-state index contributed by atoms with van der Waals surface area (Å²) >= 11 is 0. The van der Waals surface area contributed by atoms with Gasteiger partial charge in [-0.3, -0.25) is 4.98 Å². The third kappa shape index (κ3) is 1.55. The van der Waals surface area contributed by atoms with Gasteiger partial charge >= 0.3 is 0 Å². The zero-order chi connectivity index (χ0) is 11.1. The minimum atomic E-state index is -0.111. The Labute approximate surface area is 96.0 Å². The van der Waals surface area contributed by atoms with Gasteiger partial charge in [0.15, 0.2) is 0 Å². The van der Waals surface area contributed by atoms with E-state index in [1.165, 1.54) is 18.4 Å². The Balaban J connectivity index is 1.75. The van der Waals surface area contributed by atoms with Crippen LogP contribution in [-0.4, -0.2) is 18.2 Å². The summed E-state index contributed by atoms with van der Waals surface area (Å²) in [6, 6.07) is 4.10. The van der Waals surface area contributed by atoms with Crippen molar-refractivity contribution in [3.05, 3.63) is 30.1 Å². The van der Waals surface area contributed by atoms with Crippen LogP contribution in [0.2, 0.25) is 0 Å². The van der Waals surface area contributed by atoms with E-state index in [4.69, 9.17) is 10.5 Å². The van der Waals surface area contributed by atoms with Crippen molar-refractivity contribution in [2.75, 3.05) is 13.2 Å². The number of pyridine rings is 1. The predicted octanol–water partition coefficient (Wildman–Crippen LogP) is 1.83. The van der Waals surface area contributed by atoms with Gasteiger partial charge in [0.1, 0.15) is 0 Å². The Morgan fingerprint density at radius 1 is 1.12 bits per heavy atom. The predicted molar refractivity (Wildman–Crippen MR) is 61.8 cm³/mol. The lowest BCUT2D eigenvalue weighted by molar-refractivity contribution is -0.0725. The average molecular weight is 218 g/mol. The molecule has 2 fully saturated rings. The highest BCUT2D eigenvalue weighted by atomic mass is 16.5. The highest BCUT2D eigenvalue weighted by molar-refractivity contribution is 5.27. The van der Waals surface area contributed by atoms with Gasteiger partial charge in [-0.25, -0.2) is 0 Å². The van der Waals surface area contributed by atoms with Gasteiger partial charge < -0.3 is 10.5 Å². The van der Waals surface area contributed by atoms with E-state index < -0.39 is 0 Å². The van der Waals surface area contributed by atoms with E-state index in [2.05, 4.69) is 4.98 Å². The molecule has 1 aliphatic heterocycles. The van der Waals surface area contributed by atoms with Crippen LogP contribution in [0.15, 0.2) is 24.5 Å².